The van der Waals surface area contributed by atoms with Crippen LogP contribution in [0.3, 0.4) is 0 Å². The number of rotatable bonds is 6. The highest BCUT2D eigenvalue weighted by atomic mass is 16.5. The molecule has 20 heavy (non-hydrogen) atoms. The van der Waals surface area contributed by atoms with Crippen LogP contribution in [0.2, 0.25) is 0 Å². The fraction of sp³-hybridized carbons (Fsp3) is 0.562. The average Bonchev–Trinajstić information content (AvgIpc) is 2.97. The summed E-state index contributed by atoms with van der Waals surface area (Å²) in [6, 6.07) is 4.10. The predicted molar refractivity (Wildman–Crippen MR) is 78.8 cm³/mol. The molecule has 0 aliphatic rings. The molecule has 2 heterocycles. The van der Waals surface area contributed by atoms with Gasteiger partial charge < -0.3 is 13.8 Å². The van der Waals surface area contributed by atoms with E-state index >= 15 is 0 Å². The Morgan fingerprint density at radius 3 is 2.55 bits per heavy atom. The van der Waals surface area contributed by atoms with E-state index in [1.54, 1.807) is 0 Å². The number of aromatic nitrogens is 1. The van der Waals surface area contributed by atoms with Gasteiger partial charge in [0, 0.05) is 18.0 Å². The molecule has 0 fully saturated rings. The zero-order valence-electron chi connectivity index (χ0n) is 13.1. The summed E-state index contributed by atoms with van der Waals surface area (Å²) in [5.74, 6) is 3.42. The molecule has 0 aromatic carbocycles. The van der Waals surface area contributed by atoms with E-state index in [0.717, 1.165) is 42.5 Å². The first-order chi connectivity index (χ1) is 9.47. The Morgan fingerprint density at radius 1 is 1.25 bits per heavy atom. The van der Waals surface area contributed by atoms with Crippen LogP contribution in [0.5, 0.6) is 0 Å². The number of hydrogen-bond donors (Lipinski definition) is 0. The SMILES string of the molecule is Cc1ccc(C(C)CCN(C)Cc2c(C)noc2C)o1. The van der Waals surface area contributed by atoms with Gasteiger partial charge in [0.2, 0.25) is 0 Å². The fourth-order valence-corrected chi connectivity index (χ4v) is 2.35. The predicted octanol–water partition coefficient (Wildman–Crippen LogP) is 3.82. The third-order valence-electron chi connectivity index (χ3n) is 3.80. The van der Waals surface area contributed by atoms with Gasteiger partial charge in [-0.2, -0.15) is 0 Å². The van der Waals surface area contributed by atoms with Crippen molar-refractivity contribution in [2.24, 2.45) is 0 Å². The third-order valence-corrected chi connectivity index (χ3v) is 3.80. The van der Waals surface area contributed by atoms with Crippen molar-refractivity contribution in [2.45, 2.75) is 46.6 Å². The van der Waals surface area contributed by atoms with E-state index in [2.05, 4.69) is 30.1 Å². The minimum atomic E-state index is 0.441. The Bertz CT molecular complexity index is 537. The first-order valence-corrected chi connectivity index (χ1v) is 7.14. The van der Waals surface area contributed by atoms with E-state index in [-0.39, 0.29) is 0 Å². The van der Waals surface area contributed by atoms with Crippen molar-refractivity contribution >= 4 is 0 Å². The summed E-state index contributed by atoms with van der Waals surface area (Å²) < 4.78 is 10.9. The molecule has 0 N–H and O–H groups in total. The summed E-state index contributed by atoms with van der Waals surface area (Å²) in [4.78, 5) is 2.30. The molecule has 4 heteroatoms. The Hall–Kier alpha value is -1.55. The minimum Gasteiger partial charge on any atom is -0.466 e. The van der Waals surface area contributed by atoms with Crippen LogP contribution in [0.4, 0.5) is 0 Å². The molecule has 2 aromatic rings. The molecule has 1 atom stereocenters. The van der Waals surface area contributed by atoms with Gasteiger partial charge in [0.15, 0.2) is 0 Å². The molecule has 0 aliphatic heterocycles. The van der Waals surface area contributed by atoms with Crippen LogP contribution in [-0.4, -0.2) is 23.6 Å². The molecule has 0 aliphatic carbocycles. The van der Waals surface area contributed by atoms with Gasteiger partial charge in [-0.3, -0.25) is 0 Å². The van der Waals surface area contributed by atoms with Gasteiger partial charge in [-0.1, -0.05) is 12.1 Å². The smallest absolute Gasteiger partial charge is 0.138 e. The van der Waals surface area contributed by atoms with Crippen LogP contribution in [0, 0.1) is 20.8 Å². The van der Waals surface area contributed by atoms with E-state index in [1.807, 2.05) is 26.8 Å². The molecular formula is C16H24N2O2. The molecule has 4 nitrogen and oxygen atoms in total. The summed E-state index contributed by atoms with van der Waals surface area (Å²) in [5.41, 5.74) is 2.19. The summed E-state index contributed by atoms with van der Waals surface area (Å²) in [6.07, 6.45) is 1.08. The highest BCUT2D eigenvalue weighted by Gasteiger charge is 2.14. The lowest BCUT2D eigenvalue weighted by Gasteiger charge is -2.18. The van der Waals surface area contributed by atoms with E-state index in [0.29, 0.717) is 5.92 Å². The van der Waals surface area contributed by atoms with Gasteiger partial charge in [-0.05, 0) is 52.9 Å². The second-order valence-electron chi connectivity index (χ2n) is 5.68. The molecule has 0 bridgehead atoms. The molecule has 0 saturated carbocycles. The van der Waals surface area contributed by atoms with Crippen LogP contribution in [0.15, 0.2) is 21.1 Å². The monoisotopic (exact) mass is 276 g/mol. The summed E-state index contributed by atoms with van der Waals surface area (Å²) in [5, 5.41) is 4.00. The van der Waals surface area contributed by atoms with Crippen molar-refractivity contribution in [3.05, 3.63) is 40.7 Å². The van der Waals surface area contributed by atoms with Gasteiger partial charge in [0.05, 0.1) is 5.69 Å². The van der Waals surface area contributed by atoms with Crippen LogP contribution in [-0.2, 0) is 6.54 Å². The quantitative estimate of drug-likeness (QED) is 0.804. The molecular weight excluding hydrogens is 252 g/mol. The number of nitrogens with zero attached hydrogens (tertiary/aromatic N) is 2. The van der Waals surface area contributed by atoms with E-state index in [9.17, 15) is 0 Å². The lowest BCUT2D eigenvalue weighted by molar-refractivity contribution is 0.302. The maximum Gasteiger partial charge on any atom is 0.138 e. The summed E-state index contributed by atoms with van der Waals surface area (Å²) in [7, 11) is 2.13. The Balaban J connectivity index is 1.85. The van der Waals surface area contributed by atoms with Gasteiger partial charge in [0.25, 0.3) is 0 Å². The van der Waals surface area contributed by atoms with E-state index in [4.69, 9.17) is 8.94 Å². The zero-order chi connectivity index (χ0) is 14.7. The van der Waals surface area contributed by atoms with E-state index < -0.39 is 0 Å². The molecule has 1 unspecified atom stereocenters. The summed E-state index contributed by atoms with van der Waals surface area (Å²) in [6.45, 7) is 10.1. The van der Waals surface area contributed by atoms with Crippen molar-refractivity contribution in [2.75, 3.05) is 13.6 Å². The van der Waals surface area contributed by atoms with Crippen LogP contribution in [0.25, 0.3) is 0 Å². The molecule has 2 rings (SSSR count). The highest BCUT2D eigenvalue weighted by Crippen LogP contribution is 2.22. The van der Waals surface area contributed by atoms with E-state index in [1.165, 1.54) is 5.56 Å². The summed E-state index contributed by atoms with van der Waals surface area (Å²) >= 11 is 0. The Labute approximate surface area is 120 Å². The van der Waals surface area contributed by atoms with Crippen LogP contribution >= 0.6 is 0 Å². The second kappa shape index (κ2) is 6.27. The average molecular weight is 276 g/mol. The van der Waals surface area contributed by atoms with Crippen LogP contribution < -0.4 is 0 Å². The van der Waals surface area contributed by atoms with Gasteiger partial charge in [0.1, 0.15) is 17.3 Å². The maximum atomic E-state index is 5.68. The molecule has 0 radical (unpaired) electrons. The van der Waals surface area contributed by atoms with Crippen molar-refractivity contribution < 1.29 is 8.94 Å². The van der Waals surface area contributed by atoms with Gasteiger partial charge >= 0.3 is 0 Å². The highest BCUT2D eigenvalue weighted by molar-refractivity contribution is 5.20. The molecule has 2 aromatic heterocycles. The normalized spacial score (nSPS) is 13.1. The maximum absolute atomic E-state index is 5.68. The second-order valence-corrected chi connectivity index (χ2v) is 5.68. The number of aryl methyl sites for hydroxylation is 3. The molecule has 110 valence electrons. The lowest BCUT2D eigenvalue weighted by atomic mass is 10.0. The number of hydrogen-bond acceptors (Lipinski definition) is 4. The zero-order valence-corrected chi connectivity index (χ0v) is 13.1. The van der Waals surface area contributed by atoms with Crippen LogP contribution in [0.1, 0.15) is 47.8 Å². The largest absolute Gasteiger partial charge is 0.466 e. The van der Waals surface area contributed by atoms with Crippen molar-refractivity contribution in [3.63, 3.8) is 0 Å². The minimum absolute atomic E-state index is 0.441. The Kier molecular flexibility index (Phi) is 4.65. The van der Waals surface area contributed by atoms with Crippen molar-refractivity contribution in [1.29, 1.82) is 0 Å². The molecule has 0 amide bonds. The third kappa shape index (κ3) is 3.51. The standard InChI is InChI=1S/C16H24N2O2/c1-11(16-7-6-12(2)19-16)8-9-18(5)10-15-13(3)17-20-14(15)4/h6-7,11H,8-10H2,1-5H3. The Morgan fingerprint density at radius 2 is 2.00 bits per heavy atom. The first-order valence-electron chi connectivity index (χ1n) is 7.14. The van der Waals surface area contributed by atoms with Crippen molar-refractivity contribution in [3.8, 4) is 0 Å². The fourth-order valence-electron chi connectivity index (χ4n) is 2.35. The lowest BCUT2D eigenvalue weighted by Crippen LogP contribution is -2.21. The molecule has 0 spiro atoms. The van der Waals surface area contributed by atoms with Gasteiger partial charge in [-0.25, -0.2) is 0 Å². The first kappa shape index (κ1) is 14.9. The van der Waals surface area contributed by atoms with Gasteiger partial charge in [-0.15, -0.1) is 0 Å². The molecule has 0 saturated heterocycles. The topological polar surface area (TPSA) is 42.4 Å². The van der Waals surface area contributed by atoms with Crippen molar-refractivity contribution in [1.82, 2.24) is 10.1 Å². The number of furan rings is 1.